The van der Waals surface area contributed by atoms with E-state index in [-0.39, 0.29) is 16.9 Å². The Hall–Kier alpha value is -2.16. The van der Waals surface area contributed by atoms with Crippen molar-refractivity contribution in [2.24, 2.45) is 0 Å². The molecule has 2 aromatic rings. The van der Waals surface area contributed by atoms with Gasteiger partial charge in [-0.05, 0) is 73.9 Å². The lowest BCUT2D eigenvalue weighted by molar-refractivity contribution is 0.101. The van der Waals surface area contributed by atoms with Crippen LogP contribution in [0, 0.1) is 0 Å². The Morgan fingerprint density at radius 3 is 2.52 bits per heavy atom. The van der Waals surface area contributed by atoms with Crippen LogP contribution in [0.3, 0.4) is 0 Å². The van der Waals surface area contributed by atoms with Gasteiger partial charge in [0.05, 0.1) is 11.3 Å². The van der Waals surface area contributed by atoms with Gasteiger partial charge in [0, 0.05) is 6.54 Å². The summed E-state index contributed by atoms with van der Waals surface area (Å²) in [5.41, 5.74) is 4.93. The van der Waals surface area contributed by atoms with Gasteiger partial charge in [0.15, 0.2) is 5.78 Å². The van der Waals surface area contributed by atoms with E-state index in [0.29, 0.717) is 6.54 Å². The van der Waals surface area contributed by atoms with Gasteiger partial charge in [-0.1, -0.05) is 19.1 Å². The molecule has 0 radical (unpaired) electrons. The molecule has 1 heterocycles. The van der Waals surface area contributed by atoms with Crippen LogP contribution in [-0.2, 0) is 19.4 Å². The number of rotatable bonds is 4. The maximum absolute atomic E-state index is 12.6. The summed E-state index contributed by atoms with van der Waals surface area (Å²) in [4.78, 5) is 24.3. The highest BCUT2D eigenvalue weighted by Crippen LogP contribution is 2.27. The van der Waals surface area contributed by atoms with Crippen molar-refractivity contribution < 1.29 is 4.79 Å². The molecule has 3 heteroatoms. The number of Topliss-reactive ketones (excluding diaryl/α,β-unsaturated/α-hetero) is 1. The van der Waals surface area contributed by atoms with Gasteiger partial charge in [-0.25, -0.2) is 0 Å². The van der Waals surface area contributed by atoms with Crippen LogP contribution in [0.1, 0.15) is 54.6 Å². The molecule has 0 fully saturated rings. The molecule has 0 amide bonds. The predicted octanol–water partition coefficient (Wildman–Crippen LogP) is 4.01. The van der Waals surface area contributed by atoms with Crippen LogP contribution in [0.15, 0.2) is 35.1 Å². The topological polar surface area (TPSA) is 39.1 Å². The average Bonchev–Trinajstić information content (AvgIpc) is 2.56. The average molecular weight is 309 g/mol. The smallest absolute Gasteiger partial charge is 0.261 e. The third-order valence-electron chi connectivity index (χ3n) is 4.64. The van der Waals surface area contributed by atoms with E-state index < -0.39 is 0 Å². The Kier molecular flexibility index (Phi) is 4.46. The number of aromatic nitrogens is 1. The van der Waals surface area contributed by atoms with E-state index in [4.69, 9.17) is 0 Å². The Morgan fingerprint density at radius 2 is 1.83 bits per heavy atom. The molecule has 0 atom stereocenters. The van der Waals surface area contributed by atoms with Gasteiger partial charge in [0.2, 0.25) is 0 Å². The first kappa shape index (κ1) is 15.7. The summed E-state index contributed by atoms with van der Waals surface area (Å²) in [5.74, 6) is -0.170. The summed E-state index contributed by atoms with van der Waals surface area (Å²) in [5, 5.41) is 0. The van der Waals surface area contributed by atoms with Crippen LogP contribution < -0.4 is 5.56 Å². The Labute approximate surface area is 137 Å². The number of aryl methyl sites for hydroxylation is 2. The molecule has 0 N–H and O–H groups in total. The third-order valence-corrected chi connectivity index (χ3v) is 4.64. The quantitative estimate of drug-likeness (QED) is 0.801. The number of hydrogen-bond acceptors (Lipinski definition) is 2. The molecule has 3 nitrogen and oxygen atoms in total. The van der Waals surface area contributed by atoms with Crippen molar-refractivity contribution >= 4 is 5.78 Å². The molecule has 0 spiro atoms. The van der Waals surface area contributed by atoms with Crippen molar-refractivity contribution in [2.75, 3.05) is 0 Å². The molecule has 1 aliphatic carbocycles. The van der Waals surface area contributed by atoms with Crippen LogP contribution in [-0.4, -0.2) is 10.4 Å². The zero-order valence-corrected chi connectivity index (χ0v) is 13.9. The largest absolute Gasteiger partial charge is 0.308 e. The molecule has 0 aliphatic heterocycles. The predicted molar refractivity (Wildman–Crippen MR) is 93.1 cm³/mol. The van der Waals surface area contributed by atoms with E-state index >= 15 is 0 Å². The van der Waals surface area contributed by atoms with Crippen molar-refractivity contribution in [3.63, 3.8) is 0 Å². The van der Waals surface area contributed by atoms with Gasteiger partial charge >= 0.3 is 0 Å². The maximum Gasteiger partial charge on any atom is 0.261 e. The fourth-order valence-electron chi connectivity index (χ4n) is 3.44. The lowest BCUT2D eigenvalue weighted by atomic mass is 9.90. The van der Waals surface area contributed by atoms with E-state index in [9.17, 15) is 9.59 Å². The van der Waals surface area contributed by atoms with Gasteiger partial charge in [-0.3, -0.25) is 9.59 Å². The van der Waals surface area contributed by atoms with Gasteiger partial charge in [0.1, 0.15) is 0 Å². The van der Waals surface area contributed by atoms with Gasteiger partial charge in [-0.2, -0.15) is 0 Å². The molecule has 0 saturated heterocycles. The summed E-state index contributed by atoms with van der Waals surface area (Å²) in [6.07, 6.45) is 5.63. The number of nitrogens with zero attached hydrogens (tertiary/aromatic N) is 1. The summed E-state index contributed by atoms with van der Waals surface area (Å²) in [6.45, 7) is 4.13. The molecule has 23 heavy (non-hydrogen) atoms. The molecule has 0 saturated carbocycles. The van der Waals surface area contributed by atoms with Crippen molar-refractivity contribution in [1.29, 1.82) is 0 Å². The van der Waals surface area contributed by atoms with E-state index in [1.165, 1.54) is 30.9 Å². The molecular weight excluding hydrogens is 286 g/mol. The van der Waals surface area contributed by atoms with Crippen LogP contribution in [0.2, 0.25) is 0 Å². The van der Waals surface area contributed by atoms with Crippen molar-refractivity contribution in [3.05, 3.63) is 57.4 Å². The number of hydrogen-bond donors (Lipinski definition) is 0. The summed E-state index contributed by atoms with van der Waals surface area (Å²) in [7, 11) is 0. The third kappa shape index (κ3) is 3.00. The van der Waals surface area contributed by atoms with Crippen LogP contribution in [0.4, 0.5) is 0 Å². The number of carbonyl (C=O) groups excluding carboxylic acids is 1. The summed E-state index contributed by atoms with van der Waals surface area (Å²) in [6, 6.07) is 10.1. The highest BCUT2D eigenvalue weighted by atomic mass is 16.1. The number of fused-ring (bicyclic) bond motifs is 1. The Morgan fingerprint density at radius 1 is 1.09 bits per heavy atom. The fraction of sp³-hybridized carbons (Fsp3) is 0.400. The fourth-order valence-corrected chi connectivity index (χ4v) is 3.44. The van der Waals surface area contributed by atoms with Crippen LogP contribution >= 0.6 is 0 Å². The van der Waals surface area contributed by atoms with E-state index in [1.807, 2.05) is 13.0 Å². The Bertz CT molecular complexity index is 802. The maximum atomic E-state index is 12.6. The number of carbonyl (C=O) groups is 1. The first-order valence-electron chi connectivity index (χ1n) is 8.48. The van der Waals surface area contributed by atoms with E-state index in [2.05, 4.69) is 18.2 Å². The SMILES string of the molecule is CCCn1c(-c2ccc3c(c2)CCCC3)ccc(C(C)=O)c1=O. The van der Waals surface area contributed by atoms with Gasteiger partial charge in [0.25, 0.3) is 5.56 Å². The lowest BCUT2D eigenvalue weighted by Gasteiger charge is -2.18. The molecule has 0 unspecified atom stereocenters. The zero-order valence-electron chi connectivity index (χ0n) is 13.9. The normalized spacial score (nSPS) is 13.7. The van der Waals surface area contributed by atoms with Crippen LogP contribution in [0.5, 0.6) is 0 Å². The minimum absolute atomic E-state index is 0.170. The highest BCUT2D eigenvalue weighted by Gasteiger charge is 2.15. The second-order valence-electron chi connectivity index (χ2n) is 6.34. The molecule has 1 aliphatic rings. The molecule has 0 bridgehead atoms. The monoisotopic (exact) mass is 309 g/mol. The lowest BCUT2D eigenvalue weighted by Crippen LogP contribution is -2.26. The summed E-state index contributed by atoms with van der Waals surface area (Å²) < 4.78 is 1.75. The molecule has 1 aromatic carbocycles. The first-order valence-corrected chi connectivity index (χ1v) is 8.48. The summed E-state index contributed by atoms with van der Waals surface area (Å²) >= 11 is 0. The van der Waals surface area contributed by atoms with E-state index in [1.54, 1.807) is 10.6 Å². The second-order valence-corrected chi connectivity index (χ2v) is 6.34. The van der Waals surface area contributed by atoms with E-state index in [0.717, 1.165) is 30.5 Å². The molecular formula is C20H23NO2. The minimum Gasteiger partial charge on any atom is -0.308 e. The van der Waals surface area contributed by atoms with Crippen molar-refractivity contribution in [2.45, 2.75) is 52.5 Å². The molecule has 1 aromatic heterocycles. The molecule has 3 rings (SSSR count). The van der Waals surface area contributed by atoms with Crippen LogP contribution in [0.25, 0.3) is 11.3 Å². The highest BCUT2D eigenvalue weighted by molar-refractivity contribution is 5.94. The molecule has 120 valence electrons. The van der Waals surface area contributed by atoms with Gasteiger partial charge in [-0.15, -0.1) is 0 Å². The number of benzene rings is 1. The van der Waals surface area contributed by atoms with Crippen molar-refractivity contribution in [3.8, 4) is 11.3 Å². The number of pyridine rings is 1. The number of ketones is 1. The minimum atomic E-state index is -0.172. The Balaban J connectivity index is 2.14. The zero-order chi connectivity index (χ0) is 16.4. The van der Waals surface area contributed by atoms with Gasteiger partial charge < -0.3 is 4.57 Å². The van der Waals surface area contributed by atoms with Crippen molar-refractivity contribution in [1.82, 2.24) is 4.57 Å². The second kappa shape index (κ2) is 6.53. The first-order chi connectivity index (χ1) is 11.1. The standard InChI is InChI=1S/C20H23NO2/c1-3-12-21-19(11-10-18(14(2)22)20(21)23)17-9-8-15-6-4-5-7-16(15)13-17/h8-11,13H,3-7,12H2,1-2H3.